The largest absolute Gasteiger partial charge is 0.353 e. The van der Waals surface area contributed by atoms with E-state index in [1.807, 2.05) is 0 Å². The monoisotopic (exact) mass is 332 g/mol. The second-order valence-corrected chi connectivity index (χ2v) is 7.87. The van der Waals surface area contributed by atoms with Crippen molar-refractivity contribution in [2.45, 2.75) is 58.0 Å². The highest BCUT2D eigenvalue weighted by Gasteiger charge is 2.48. The molecule has 4 aliphatic carbocycles. The molecule has 4 bridgehead atoms. The Kier molecular flexibility index (Phi) is 3.81. The van der Waals surface area contributed by atoms with Crippen molar-refractivity contribution in [1.29, 1.82) is 0 Å². The number of aromatic nitrogens is 2. The molecule has 0 radical (unpaired) electrons. The summed E-state index contributed by atoms with van der Waals surface area (Å²) < 4.78 is 1.55. The van der Waals surface area contributed by atoms with Gasteiger partial charge in [0.25, 0.3) is 0 Å². The summed E-state index contributed by atoms with van der Waals surface area (Å²) in [4.78, 5) is 22.8. The van der Waals surface area contributed by atoms with Crippen LogP contribution in [0.3, 0.4) is 0 Å². The molecule has 1 aromatic heterocycles. The first-order valence-electron chi connectivity index (χ1n) is 8.97. The first-order valence-corrected chi connectivity index (χ1v) is 8.97. The Balaban J connectivity index is 1.33. The van der Waals surface area contributed by atoms with Crippen molar-refractivity contribution in [3.63, 3.8) is 0 Å². The molecule has 5 rings (SSSR count). The van der Waals surface area contributed by atoms with Crippen LogP contribution in [0.15, 0.2) is 6.20 Å². The fraction of sp³-hybridized carbons (Fsp3) is 0.765. The zero-order valence-electron chi connectivity index (χ0n) is 14.0. The lowest BCUT2D eigenvalue weighted by Gasteiger charge is -2.54. The molecule has 1 amide bonds. The van der Waals surface area contributed by atoms with E-state index >= 15 is 0 Å². The third kappa shape index (κ3) is 2.70. The smallest absolute Gasteiger partial charge is 0.309 e. The lowest BCUT2D eigenvalue weighted by Crippen LogP contribution is -2.55. The van der Waals surface area contributed by atoms with Crippen LogP contribution in [0.4, 0.5) is 5.69 Å². The summed E-state index contributed by atoms with van der Waals surface area (Å²) in [5.41, 5.74) is 0.513. The number of amides is 1. The summed E-state index contributed by atoms with van der Waals surface area (Å²) in [6.45, 7) is 2.06. The number of aryl methyl sites for hydroxylation is 1. The predicted molar refractivity (Wildman–Crippen MR) is 87.2 cm³/mol. The SMILES string of the molecule is Cc1c([N+](=O)[O-])cnn1CCC(=O)NC1C2CC3CC(C2)CC1C3. The molecular weight excluding hydrogens is 308 g/mol. The average Bonchev–Trinajstić information content (AvgIpc) is 2.89. The number of hydrogen-bond acceptors (Lipinski definition) is 4. The van der Waals surface area contributed by atoms with Crippen LogP contribution in [0, 0.1) is 40.7 Å². The molecule has 1 heterocycles. The van der Waals surface area contributed by atoms with E-state index in [4.69, 9.17) is 0 Å². The molecular formula is C17H24N4O3. The molecule has 0 aromatic carbocycles. The molecule has 4 fully saturated rings. The Morgan fingerprint density at radius 2 is 1.92 bits per heavy atom. The predicted octanol–water partition coefficient (Wildman–Crippen LogP) is 2.43. The van der Waals surface area contributed by atoms with E-state index in [0.717, 1.165) is 11.8 Å². The molecule has 24 heavy (non-hydrogen) atoms. The first kappa shape index (κ1) is 15.6. The maximum Gasteiger partial charge on any atom is 0.309 e. The third-order valence-corrected chi connectivity index (χ3v) is 6.38. The van der Waals surface area contributed by atoms with Crippen LogP contribution in [-0.2, 0) is 11.3 Å². The van der Waals surface area contributed by atoms with Crippen molar-refractivity contribution in [2.75, 3.05) is 0 Å². The summed E-state index contributed by atoms with van der Waals surface area (Å²) in [5, 5.41) is 18.1. The van der Waals surface area contributed by atoms with E-state index in [0.29, 0.717) is 36.5 Å². The summed E-state index contributed by atoms with van der Waals surface area (Å²) >= 11 is 0. The van der Waals surface area contributed by atoms with Crippen LogP contribution in [0.2, 0.25) is 0 Å². The van der Waals surface area contributed by atoms with E-state index < -0.39 is 4.92 Å². The van der Waals surface area contributed by atoms with Crippen LogP contribution >= 0.6 is 0 Å². The van der Waals surface area contributed by atoms with E-state index in [1.165, 1.54) is 38.3 Å². The van der Waals surface area contributed by atoms with Gasteiger partial charge in [0.05, 0.1) is 11.5 Å². The zero-order chi connectivity index (χ0) is 16.8. The van der Waals surface area contributed by atoms with Gasteiger partial charge in [-0.1, -0.05) is 0 Å². The van der Waals surface area contributed by atoms with Crippen LogP contribution in [0.1, 0.15) is 44.2 Å². The van der Waals surface area contributed by atoms with Crippen LogP contribution in [-0.4, -0.2) is 26.7 Å². The van der Waals surface area contributed by atoms with Gasteiger partial charge in [-0.15, -0.1) is 0 Å². The highest BCUT2D eigenvalue weighted by molar-refractivity contribution is 5.76. The number of nitrogens with zero attached hydrogens (tertiary/aromatic N) is 3. The quantitative estimate of drug-likeness (QED) is 0.662. The fourth-order valence-corrected chi connectivity index (χ4v) is 5.47. The molecule has 0 saturated heterocycles. The number of carbonyl (C=O) groups is 1. The lowest BCUT2D eigenvalue weighted by molar-refractivity contribution is -0.385. The van der Waals surface area contributed by atoms with Crippen LogP contribution in [0.5, 0.6) is 0 Å². The maximum absolute atomic E-state index is 12.4. The minimum absolute atomic E-state index is 0.0106. The van der Waals surface area contributed by atoms with Gasteiger partial charge in [-0.05, 0) is 62.7 Å². The van der Waals surface area contributed by atoms with Crippen molar-refractivity contribution in [2.24, 2.45) is 23.7 Å². The molecule has 7 heteroatoms. The minimum Gasteiger partial charge on any atom is -0.353 e. The normalized spacial score (nSPS) is 33.6. The van der Waals surface area contributed by atoms with Crippen LogP contribution < -0.4 is 5.32 Å². The second kappa shape index (κ2) is 5.86. The molecule has 1 N–H and O–H groups in total. The van der Waals surface area contributed by atoms with Crippen molar-refractivity contribution < 1.29 is 9.72 Å². The first-order chi connectivity index (χ1) is 11.5. The Morgan fingerprint density at radius 3 is 2.46 bits per heavy atom. The van der Waals surface area contributed by atoms with E-state index in [-0.39, 0.29) is 11.6 Å². The molecule has 0 aliphatic heterocycles. The summed E-state index contributed by atoms with van der Waals surface area (Å²) in [5.74, 6) is 3.17. The molecule has 4 aliphatic rings. The van der Waals surface area contributed by atoms with Crippen LogP contribution in [0.25, 0.3) is 0 Å². The molecule has 130 valence electrons. The minimum atomic E-state index is -0.437. The summed E-state index contributed by atoms with van der Waals surface area (Å²) in [7, 11) is 0. The number of nitro groups is 1. The van der Waals surface area contributed by atoms with Gasteiger partial charge in [-0.25, -0.2) is 0 Å². The second-order valence-electron chi connectivity index (χ2n) is 7.87. The highest BCUT2D eigenvalue weighted by Crippen LogP contribution is 2.53. The van der Waals surface area contributed by atoms with E-state index in [2.05, 4.69) is 10.4 Å². The Labute approximate surface area is 140 Å². The van der Waals surface area contributed by atoms with Gasteiger partial charge in [0.1, 0.15) is 11.9 Å². The Morgan fingerprint density at radius 1 is 1.29 bits per heavy atom. The van der Waals surface area contributed by atoms with Crippen molar-refractivity contribution in [3.8, 4) is 0 Å². The fourth-order valence-electron chi connectivity index (χ4n) is 5.47. The summed E-state index contributed by atoms with van der Waals surface area (Å²) in [6, 6.07) is 0.346. The van der Waals surface area contributed by atoms with Crippen molar-refractivity contribution in [1.82, 2.24) is 15.1 Å². The third-order valence-electron chi connectivity index (χ3n) is 6.38. The number of hydrogen-bond donors (Lipinski definition) is 1. The van der Waals surface area contributed by atoms with E-state index in [9.17, 15) is 14.9 Å². The number of nitrogens with one attached hydrogen (secondary N) is 1. The Bertz CT molecular complexity index is 641. The van der Waals surface area contributed by atoms with Gasteiger partial charge < -0.3 is 5.32 Å². The molecule has 7 nitrogen and oxygen atoms in total. The van der Waals surface area contributed by atoms with Gasteiger partial charge in [0.2, 0.25) is 5.91 Å². The molecule has 1 aromatic rings. The average molecular weight is 332 g/mol. The summed E-state index contributed by atoms with van der Waals surface area (Å²) in [6.07, 6.45) is 8.11. The van der Waals surface area contributed by atoms with Crippen molar-refractivity contribution in [3.05, 3.63) is 22.0 Å². The van der Waals surface area contributed by atoms with E-state index in [1.54, 1.807) is 11.6 Å². The van der Waals surface area contributed by atoms with Gasteiger partial charge in [-0.2, -0.15) is 5.10 Å². The van der Waals surface area contributed by atoms with Crippen molar-refractivity contribution >= 4 is 11.6 Å². The molecule has 0 atom stereocenters. The van der Waals surface area contributed by atoms with Gasteiger partial charge >= 0.3 is 5.69 Å². The zero-order valence-corrected chi connectivity index (χ0v) is 14.0. The standard InChI is InChI=1S/C17H24N4O3/c1-10-15(21(23)24)9-18-20(10)3-2-16(22)19-17-13-5-11-4-12(7-13)8-14(17)6-11/h9,11-14,17H,2-8H2,1H3,(H,19,22). The Hall–Kier alpha value is -1.92. The van der Waals surface area contributed by atoms with Gasteiger partial charge in [0.15, 0.2) is 0 Å². The van der Waals surface area contributed by atoms with Gasteiger partial charge in [-0.3, -0.25) is 19.6 Å². The highest BCUT2D eigenvalue weighted by atomic mass is 16.6. The lowest BCUT2D eigenvalue weighted by atomic mass is 9.54. The molecule has 4 saturated carbocycles. The number of carbonyl (C=O) groups excluding carboxylic acids is 1. The topological polar surface area (TPSA) is 90.1 Å². The number of rotatable bonds is 5. The maximum atomic E-state index is 12.4. The molecule has 0 spiro atoms. The van der Waals surface area contributed by atoms with Gasteiger partial charge in [0, 0.05) is 12.5 Å². The molecule has 0 unspecified atom stereocenters.